The van der Waals surface area contributed by atoms with Gasteiger partial charge in [-0.05, 0) is 0 Å². The maximum absolute atomic E-state index is 8.55. The quantitative estimate of drug-likeness (QED) is 0.449. The first kappa shape index (κ1) is 16.2. The van der Waals surface area contributed by atoms with E-state index in [4.69, 9.17) is 19.2 Å². The van der Waals surface area contributed by atoms with E-state index in [1.807, 2.05) is 0 Å². The summed E-state index contributed by atoms with van der Waals surface area (Å²) in [6, 6.07) is 0. The predicted octanol–water partition coefficient (Wildman–Crippen LogP) is -2.83. The molecule has 4 nitrogen and oxygen atoms in total. The fraction of sp³-hybridized carbons (Fsp3) is 0. The Labute approximate surface area is 93.4 Å². The second-order valence-electron chi connectivity index (χ2n) is 0.447. The normalized spacial score (nSPS) is 8.43. The molecular weight excluding hydrogens is 326 g/mol. The summed E-state index contributed by atoms with van der Waals surface area (Å²) in [4.78, 5) is 25.6. The van der Waals surface area contributed by atoms with E-state index >= 15 is 0 Å². The molecule has 0 N–H and O–H groups in total. The van der Waals surface area contributed by atoms with Crippen molar-refractivity contribution in [3.63, 3.8) is 0 Å². The average Bonchev–Trinajstić information content (AvgIpc) is 0.722. The van der Waals surface area contributed by atoms with Crippen molar-refractivity contribution in [2.75, 3.05) is 0 Å². The van der Waals surface area contributed by atoms with E-state index in [1.54, 1.807) is 0 Å². The summed E-state index contributed by atoms with van der Waals surface area (Å²) in [5.74, 6) is 0. The van der Waals surface area contributed by atoms with E-state index in [0.29, 0.717) is 0 Å². The molecule has 7 heavy (non-hydrogen) atoms. The topological polar surface area (TPSA) is 86.2 Å². The van der Waals surface area contributed by atoms with E-state index in [0.717, 1.165) is 0 Å². The molecule has 0 saturated carbocycles. The van der Waals surface area contributed by atoms with Crippen LogP contribution in [0.25, 0.3) is 0 Å². The number of phosphoric acid groups is 1. The van der Waals surface area contributed by atoms with Crippen LogP contribution in [0.5, 0.6) is 0 Å². The van der Waals surface area contributed by atoms with E-state index < -0.39 is 7.82 Å². The van der Waals surface area contributed by atoms with Crippen LogP contribution in [0.2, 0.25) is 0 Å². The Bertz CT molecular complexity index is 57.8. The summed E-state index contributed by atoms with van der Waals surface area (Å²) in [7, 11) is -5.39. The minimum absolute atomic E-state index is 0. The average molecular weight is 326 g/mol. The minimum Gasteiger partial charge on any atom is -0.822 e. The fourth-order valence-corrected chi connectivity index (χ4v) is 0. The van der Waals surface area contributed by atoms with Crippen LogP contribution in [-0.4, -0.2) is 0 Å². The Hall–Kier alpha value is 2.37. The van der Waals surface area contributed by atoms with Crippen molar-refractivity contribution in [1.29, 1.82) is 0 Å². The van der Waals surface area contributed by atoms with Gasteiger partial charge in [0, 0.05) is 0 Å². The molecule has 7 heteroatoms. The van der Waals surface area contributed by atoms with Gasteiger partial charge in [-0.25, -0.2) is 0 Å². The van der Waals surface area contributed by atoms with Crippen molar-refractivity contribution < 1.29 is 87.2 Å². The van der Waals surface area contributed by atoms with E-state index in [9.17, 15) is 0 Å². The number of hydrogen-bond acceptors (Lipinski definition) is 4. The molecule has 0 aromatic carbocycles. The van der Waals surface area contributed by atoms with Gasteiger partial charge in [0.2, 0.25) is 0 Å². The maximum Gasteiger partial charge on any atom is 4.00 e. The second kappa shape index (κ2) is 6.49. The molecule has 0 atom stereocenters. The molecule has 0 aliphatic heterocycles. The van der Waals surface area contributed by atoms with E-state index in [1.165, 1.54) is 0 Å². The summed E-state index contributed by atoms with van der Waals surface area (Å²) < 4.78 is 8.55. The first-order valence-corrected chi connectivity index (χ1v) is 2.19. The zero-order valence-corrected chi connectivity index (χ0v) is 9.57. The number of hydrogen-bond donors (Lipinski definition) is 0. The Morgan fingerprint density at radius 2 is 1.14 bits per heavy atom. The SMILES string of the molecule is O=P([O-])([O-])[O-].[Ce+3].[Zr+4]. The van der Waals surface area contributed by atoms with Gasteiger partial charge in [-0.15, -0.1) is 0 Å². The van der Waals surface area contributed by atoms with Gasteiger partial charge < -0.3 is 19.2 Å². The number of rotatable bonds is 0. The van der Waals surface area contributed by atoms with Gasteiger partial charge in [0.25, 0.3) is 0 Å². The molecule has 0 rings (SSSR count). The van der Waals surface area contributed by atoms with Gasteiger partial charge in [-0.2, -0.15) is 7.82 Å². The van der Waals surface area contributed by atoms with Crippen LogP contribution in [0.15, 0.2) is 0 Å². The summed E-state index contributed by atoms with van der Waals surface area (Å²) >= 11 is 0. The van der Waals surface area contributed by atoms with Crippen molar-refractivity contribution in [3.05, 3.63) is 0 Å². The van der Waals surface area contributed by atoms with Crippen LogP contribution in [0, 0.1) is 41.7 Å². The van der Waals surface area contributed by atoms with Crippen molar-refractivity contribution in [2.45, 2.75) is 0 Å². The maximum atomic E-state index is 8.55. The van der Waals surface area contributed by atoms with Crippen molar-refractivity contribution in [3.8, 4) is 0 Å². The summed E-state index contributed by atoms with van der Waals surface area (Å²) in [5.41, 5.74) is 0. The third kappa shape index (κ3) is 60.5. The fourth-order valence-electron chi connectivity index (χ4n) is 0. The third-order valence-corrected chi connectivity index (χ3v) is 0. The van der Waals surface area contributed by atoms with Gasteiger partial charge in [0.05, 0.1) is 0 Å². The summed E-state index contributed by atoms with van der Waals surface area (Å²) in [6.07, 6.45) is 0. The van der Waals surface area contributed by atoms with Gasteiger partial charge in [-0.3, -0.25) is 0 Å². The van der Waals surface area contributed by atoms with Crippen LogP contribution in [0.4, 0.5) is 0 Å². The van der Waals surface area contributed by atoms with Crippen molar-refractivity contribution >= 4 is 7.82 Å². The third-order valence-electron chi connectivity index (χ3n) is 0. The van der Waals surface area contributed by atoms with Crippen LogP contribution < -0.4 is 14.7 Å². The molecule has 0 aliphatic rings. The zero-order valence-electron chi connectivity index (χ0n) is 3.08. The minimum atomic E-state index is -5.39. The van der Waals surface area contributed by atoms with Crippen molar-refractivity contribution in [1.82, 2.24) is 0 Å². The molecule has 0 unspecified atom stereocenters. The molecule has 1 radical (unpaired) electrons. The van der Waals surface area contributed by atoms with Crippen LogP contribution in [0.3, 0.4) is 0 Å². The van der Waals surface area contributed by atoms with Crippen LogP contribution in [0.1, 0.15) is 0 Å². The Morgan fingerprint density at radius 1 is 1.14 bits per heavy atom. The monoisotopic (exact) mass is 325 g/mol. The van der Waals surface area contributed by atoms with Gasteiger partial charge in [-0.1, -0.05) is 0 Å². The van der Waals surface area contributed by atoms with E-state index in [-0.39, 0.29) is 68.0 Å². The molecule has 0 aliphatic carbocycles. The summed E-state index contributed by atoms with van der Waals surface area (Å²) in [5, 5.41) is 0. The molecule has 0 saturated heterocycles. The molecule has 0 fully saturated rings. The standard InChI is InChI=1S/Ce.H3O4P.Zr/c;1-5(2,3)4;/h;(H3,1,2,3,4);/q+3;;+4/p-3. The van der Waals surface area contributed by atoms with Gasteiger partial charge in [0.15, 0.2) is 0 Å². The first-order valence-electron chi connectivity index (χ1n) is 0.730. The Morgan fingerprint density at radius 3 is 1.14 bits per heavy atom. The Kier molecular flexibility index (Phi) is 15.0. The second-order valence-corrected chi connectivity index (χ2v) is 1.34. The smallest absolute Gasteiger partial charge is 0.822 e. The first-order chi connectivity index (χ1) is 2.00. The van der Waals surface area contributed by atoms with Gasteiger partial charge in [0.1, 0.15) is 0 Å². The molecule has 0 heterocycles. The van der Waals surface area contributed by atoms with Gasteiger partial charge >= 0.3 is 68.0 Å². The Balaban J connectivity index is -0.0000000800. The van der Waals surface area contributed by atoms with E-state index in [2.05, 4.69) is 0 Å². The molecule has 0 aromatic rings. The zero-order chi connectivity index (χ0) is 4.50. The van der Waals surface area contributed by atoms with Crippen LogP contribution >= 0.6 is 7.82 Å². The largest absolute Gasteiger partial charge is 4.00 e. The predicted molar refractivity (Wildman–Crippen MR) is 7.61 cm³/mol. The summed E-state index contributed by atoms with van der Waals surface area (Å²) in [6.45, 7) is 0. The molecule has 0 aromatic heterocycles. The van der Waals surface area contributed by atoms with Crippen LogP contribution in [-0.2, 0) is 30.8 Å². The molecular formula is CeO4PZr+4. The molecule has 0 amide bonds. The van der Waals surface area contributed by atoms with Crippen molar-refractivity contribution in [2.24, 2.45) is 0 Å². The molecule has 0 bridgehead atoms. The molecule has 0 spiro atoms. The molecule has 33 valence electrons.